The fourth-order valence-electron chi connectivity index (χ4n) is 6.12. The molecule has 0 amide bonds. The van der Waals surface area contributed by atoms with Gasteiger partial charge < -0.3 is 56.9 Å². The number of rotatable bonds is 11. The summed E-state index contributed by atoms with van der Waals surface area (Å²) in [6.07, 6.45) is 11.3. The van der Waals surface area contributed by atoms with Crippen LogP contribution in [0.5, 0.6) is 0 Å². The summed E-state index contributed by atoms with van der Waals surface area (Å²) in [4.78, 5) is 0. The minimum absolute atomic E-state index is 0. The summed E-state index contributed by atoms with van der Waals surface area (Å²) in [6.45, 7) is 10.9. The fourth-order valence-corrected chi connectivity index (χ4v) is 6.12. The van der Waals surface area contributed by atoms with Crippen LogP contribution in [-0.4, -0.2) is 48.2 Å². The van der Waals surface area contributed by atoms with Gasteiger partial charge in [0.25, 0.3) is 0 Å². The van der Waals surface area contributed by atoms with Crippen molar-refractivity contribution >= 4 is 0 Å². The molecule has 2 fully saturated rings. The van der Waals surface area contributed by atoms with Gasteiger partial charge >= 0.3 is 0 Å². The van der Waals surface area contributed by atoms with E-state index in [0.717, 1.165) is 0 Å². The third-order valence-corrected chi connectivity index (χ3v) is 7.77. The van der Waals surface area contributed by atoms with Crippen LogP contribution in [0.15, 0.2) is 60.7 Å². The number of nitrogens with zero attached hydrogens (tertiary/aromatic N) is 2. The predicted molar refractivity (Wildman–Crippen MR) is 127 cm³/mol. The number of unbranched alkanes of at least 4 members (excludes halogenated alkanes) is 3. The van der Waals surface area contributed by atoms with Crippen LogP contribution in [0, 0.1) is 0 Å². The SMILES string of the molecule is [I-].[I-].c1ccc(C[N+]2(CCCCCC[N+]3(Cc4ccccc4)CCCC3)CCCC2)cc1. The molecule has 2 aliphatic heterocycles. The Morgan fingerprint density at radius 1 is 0.469 bits per heavy atom. The molecule has 0 radical (unpaired) electrons. The highest BCUT2D eigenvalue weighted by atomic mass is 127. The van der Waals surface area contributed by atoms with Crippen LogP contribution in [-0.2, 0) is 13.1 Å². The maximum atomic E-state index is 2.32. The van der Waals surface area contributed by atoms with Crippen molar-refractivity contribution in [2.45, 2.75) is 64.5 Å². The Bertz CT molecular complexity index is 673. The zero-order valence-electron chi connectivity index (χ0n) is 19.7. The first-order chi connectivity index (χ1) is 14.8. The van der Waals surface area contributed by atoms with E-state index in [1.807, 2.05) is 0 Å². The lowest BCUT2D eigenvalue weighted by Crippen LogP contribution is -3.00. The van der Waals surface area contributed by atoms with Crippen LogP contribution in [0.25, 0.3) is 0 Å². The minimum atomic E-state index is 0. The van der Waals surface area contributed by atoms with Crippen LogP contribution in [0.2, 0.25) is 0 Å². The van der Waals surface area contributed by atoms with E-state index >= 15 is 0 Å². The number of benzene rings is 2. The molecule has 2 nitrogen and oxygen atoms in total. The Hall–Kier alpha value is -0.180. The van der Waals surface area contributed by atoms with E-state index < -0.39 is 0 Å². The summed E-state index contributed by atoms with van der Waals surface area (Å²) >= 11 is 0. The summed E-state index contributed by atoms with van der Waals surface area (Å²) in [5.41, 5.74) is 3.06. The molecule has 178 valence electrons. The zero-order valence-corrected chi connectivity index (χ0v) is 24.1. The Morgan fingerprint density at radius 3 is 1.16 bits per heavy atom. The minimum Gasteiger partial charge on any atom is -1.00 e. The van der Waals surface area contributed by atoms with Crippen LogP contribution >= 0.6 is 0 Å². The molecule has 2 heterocycles. The van der Waals surface area contributed by atoms with Gasteiger partial charge in [0.1, 0.15) is 13.1 Å². The summed E-state index contributed by atoms with van der Waals surface area (Å²) < 4.78 is 2.69. The van der Waals surface area contributed by atoms with Crippen molar-refractivity contribution < 1.29 is 56.9 Å². The van der Waals surface area contributed by atoms with Gasteiger partial charge in [-0.05, 0) is 25.7 Å². The molecule has 4 heteroatoms. The van der Waals surface area contributed by atoms with Gasteiger partial charge in [-0.1, -0.05) is 60.7 Å². The lowest BCUT2D eigenvalue weighted by Gasteiger charge is -2.35. The van der Waals surface area contributed by atoms with Crippen LogP contribution in [0.4, 0.5) is 0 Å². The Kier molecular flexibility index (Phi) is 12.5. The molecule has 0 bridgehead atoms. The molecular formula is C28H42I2N2. The standard InChI is InChI=1S/C28H42N2.2HI/c1(9-19-29(21-11-12-22-29)25-27-15-5-3-6-16-27)2-10-20-30(23-13-14-24-30)26-28-17-7-4-8-18-28;;/h3-8,15-18H,1-2,9-14,19-26H2;2*1H/q+2;;/p-2. The molecule has 0 spiro atoms. The van der Waals surface area contributed by atoms with Crippen molar-refractivity contribution in [3.8, 4) is 0 Å². The van der Waals surface area contributed by atoms with Crippen LogP contribution < -0.4 is 48.0 Å². The first-order valence-corrected chi connectivity index (χ1v) is 12.6. The Morgan fingerprint density at radius 2 is 0.812 bits per heavy atom. The van der Waals surface area contributed by atoms with Gasteiger partial charge in [0.2, 0.25) is 0 Å². The van der Waals surface area contributed by atoms with Crippen LogP contribution in [0.1, 0.15) is 62.5 Å². The van der Waals surface area contributed by atoms with Crippen LogP contribution in [0.3, 0.4) is 0 Å². The number of hydrogen-bond donors (Lipinski definition) is 0. The third-order valence-electron chi connectivity index (χ3n) is 7.77. The van der Waals surface area contributed by atoms with Crippen molar-refractivity contribution in [2.75, 3.05) is 39.3 Å². The maximum absolute atomic E-state index is 2.32. The van der Waals surface area contributed by atoms with E-state index in [4.69, 9.17) is 0 Å². The average Bonchev–Trinajstić information content (AvgIpc) is 3.43. The highest BCUT2D eigenvalue weighted by Gasteiger charge is 2.32. The van der Waals surface area contributed by atoms with E-state index in [9.17, 15) is 0 Å². The van der Waals surface area contributed by atoms with Gasteiger partial charge in [-0.3, -0.25) is 0 Å². The van der Waals surface area contributed by atoms with E-state index in [1.165, 1.54) is 124 Å². The molecule has 2 aromatic rings. The number of likely N-dealkylation sites (tertiary alicyclic amines) is 2. The fraction of sp³-hybridized carbons (Fsp3) is 0.571. The van der Waals surface area contributed by atoms with E-state index in [2.05, 4.69) is 60.7 Å². The van der Waals surface area contributed by atoms with Crippen molar-refractivity contribution in [1.82, 2.24) is 0 Å². The first-order valence-electron chi connectivity index (χ1n) is 12.6. The second-order valence-electron chi connectivity index (χ2n) is 10.1. The van der Waals surface area contributed by atoms with Crippen molar-refractivity contribution in [2.24, 2.45) is 0 Å². The maximum Gasteiger partial charge on any atom is 0.104 e. The molecule has 2 saturated heterocycles. The molecule has 0 atom stereocenters. The largest absolute Gasteiger partial charge is 1.00 e. The molecule has 0 aliphatic carbocycles. The van der Waals surface area contributed by atoms with Crippen molar-refractivity contribution in [3.63, 3.8) is 0 Å². The summed E-state index contributed by atoms with van der Waals surface area (Å²) in [7, 11) is 0. The van der Waals surface area contributed by atoms with Gasteiger partial charge in [0.05, 0.1) is 39.3 Å². The molecule has 0 aromatic heterocycles. The monoisotopic (exact) mass is 660 g/mol. The molecule has 2 aliphatic rings. The van der Waals surface area contributed by atoms with E-state index in [0.29, 0.717) is 0 Å². The van der Waals surface area contributed by atoms with Gasteiger partial charge in [0, 0.05) is 36.8 Å². The van der Waals surface area contributed by atoms with Crippen molar-refractivity contribution in [3.05, 3.63) is 71.8 Å². The van der Waals surface area contributed by atoms with E-state index in [1.54, 1.807) is 0 Å². The molecule has 2 aromatic carbocycles. The molecule has 4 rings (SSSR count). The number of quaternary nitrogens is 2. The van der Waals surface area contributed by atoms with Gasteiger partial charge in [-0.25, -0.2) is 0 Å². The molecule has 0 unspecified atom stereocenters. The molecule has 0 N–H and O–H groups in total. The number of hydrogen-bond acceptors (Lipinski definition) is 0. The normalized spacial score (nSPS) is 18.6. The third kappa shape index (κ3) is 8.24. The van der Waals surface area contributed by atoms with Gasteiger partial charge in [-0.2, -0.15) is 0 Å². The topological polar surface area (TPSA) is 0 Å². The highest BCUT2D eigenvalue weighted by molar-refractivity contribution is 5.14. The predicted octanol–water partition coefficient (Wildman–Crippen LogP) is 0.176. The second kappa shape index (κ2) is 14.3. The van der Waals surface area contributed by atoms with Gasteiger partial charge in [0.15, 0.2) is 0 Å². The number of halogens is 2. The summed E-state index contributed by atoms with van der Waals surface area (Å²) in [6, 6.07) is 22.4. The van der Waals surface area contributed by atoms with Gasteiger partial charge in [-0.15, -0.1) is 0 Å². The zero-order chi connectivity index (χ0) is 20.5. The Labute approximate surface area is 231 Å². The smallest absolute Gasteiger partial charge is 0.104 e. The average molecular weight is 660 g/mol. The lowest BCUT2D eigenvalue weighted by molar-refractivity contribution is -0.930. The highest BCUT2D eigenvalue weighted by Crippen LogP contribution is 2.26. The quantitative estimate of drug-likeness (QED) is 0.184. The summed E-state index contributed by atoms with van der Waals surface area (Å²) in [5.74, 6) is 0. The van der Waals surface area contributed by atoms with Crippen molar-refractivity contribution in [1.29, 1.82) is 0 Å². The lowest BCUT2D eigenvalue weighted by atomic mass is 10.1. The summed E-state index contributed by atoms with van der Waals surface area (Å²) in [5, 5.41) is 0. The molecule has 0 saturated carbocycles. The Balaban J connectivity index is 0.00000181. The first kappa shape index (κ1) is 28.1. The molecular weight excluding hydrogens is 618 g/mol. The van der Waals surface area contributed by atoms with E-state index in [-0.39, 0.29) is 48.0 Å². The molecule has 32 heavy (non-hydrogen) atoms. The second-order valence-corrected chi connectivity index (χ2v) is 10.1.